The Morgan fingerprint density at radius 2 is 2.06 bits per heavy atom. The van der Waals surface area contributed by atoms with Crippen LogP contribution < -0.4 is 5.32 Å². The quantitative estimate of drug-likeness (QED) is 0.275. The van der Waals surface area contributed by atoms with Gasteiger partial charge in [0.1, 0.15) is 6.23 Å². The second kappa shape index (κ2) is 6.26. The number of hydrogen-bond donors (Lipinski definition) is 2. The number of aliphatic hydroxyl groups is 1. The van der Waals surface area contributed by atoms with E-state index < -0.39 is 6.23 Å². The first-order valence-corrected chi connectivity index (χ1v) is 5.33. The minimum absolute atomic E-state index is 0.152. The molecule has 1 atom stereocenters. The van der Waals surface area contributed by atoms with Crippen LogP contribution in [0, 0.1) is 12.3 Å². The Bertz CT molecular complexity index is 293. The number of carbonyl (C=O) groups excluding carboxylic acids is 2. The van der Waals surface area contributed by atoms with Gasteiger partial charge in [-0.25, -0.2) is 0 Å². The summed E-state index contributed by atoms with van der Waals surface area (Å²) in [6, 6.07) is 0. The summed E-state index contributed by atoms with van der Waals surface area (Å²) in [6.07, 6.45) is 5.79. The van der Waals surface area contributed by atoms with E-state index in [2.05, 4.69) is 11.2 Å². The Morgan fingerprint density at radius 3 is 2.62 bits per heavy atom. The average molecular weight is 224 g/mol. The SMILES string of the molecule is C#CCCNC(O)CCN1C(=O)CCC1=O. The fraction of sp³-hybridized carbons (Fsp3) is 0.636. The minimum atomic E-state index is -0.727. The number of rotatable bonds is 6. The van der Waals surface area contributed by atoms with Crippen LogP contribution in [0.25, 0.3) is 0 Å². The average Bonchev–Trinajstić information content (AvgIpc) is 2.57. The normalized spacial score (nSPS) is 17.6. The van der Waals surface area contributed by atoms with Crippen molar-refractivity contribution in [1.82, 2.24) is 10.2 Å². The van der Waals surface area contributed by atoms with Crippen molar-refractivity contribution >= 4 is 11.8 Å². The van der Waals surface area contributed by atoms with E-state index in [0.29, 0.717) is 32.2 Å². The predicted molar refractivity (Wildman–Crippen MR) is 58.0 cm³/mol. The monoisotopic (exact) mass is 224 g/mol. The Morgan fingerprint density at radius 1 is 1.44 bits per heavy atom. The van der Waals surface area contributed by atoms with Crippen molar-refractivity contribution in [1.29, 1.82) is 0 Å². The fourth-order valence-corrected chi connectivity index (χ4v) is 1.54. The molecule has 1 unspecified atom stereocenters. The molecule has 0 saturated carbocycles. The van der Waals surface area contributed by atoms with Gasteiger partial charge in [-0.3, -0.25) is 19.8 Å². The molecule has 0 aromatic rings. The van der Waals surface area contributed by atoms with Crippen LogP contribution in [0.15, 0.2) is 0 Å². The number of nitrogens with zero attached hydrogens (tertiary/aromatic N) is 1. The lowest BCUT2D eigenvalue weighted by molar-refractivity contribution is -0.138. The van der Waals surface area contributed by atoms with Crippen LogP contribution in [0.3, 0.4) is 0 Å². The molecule has 0 radical (unpaired) electrons. The Labute approximate surface area is 94.8 Å². The number of imide groups is 1. The van der Waals surface area contributed by atoms with Crippen molar-refractivity contribution in [2.75, 3.05) is 13.1 Å². The van der Waals surface area contributed by atoms with Gasteiger partial charge in [0.05, 0.1) is 0 Å². The summed E-state index contributed by atoms with van der Waals surface area (Å²) in [5.74, 6) is 2.14. The third kappa shape index (κ3) is 3.65. The number of nitrogens with one attached hydrogen (secondary N) is 1. The van der Waals surface area contributed by atoms with Gasteiger partial charge in [0, 0.05) is 38.8 Å². The van der Waals surface area contributed by atoms with Gasteiger partial charge in [0.25, 0.3) is 0 Å². The highest BCUT2D eigenvalue weighted by molar-refractivity contribution is 6.01. The van der Waals surface area contributed by atoms with Gasteiger partial charge in [0.15, 0.2) is 0 Å². The van der Waals surface area contributed by atoms with Gasteiger partial charge < -0.3 is 5.11 Å². The van der Waals surface area contributed by atoms with Crippen LogP contribution in [0.4, 0.5) is 0 Å². The van der Waals surface area contributed by atoms with E-state index in [1.54, 1.807) is 0 Å². The molecule has 1 saturated heterocycles. The van der Waals surface area contributed by atoms with Crippen LogP contribution in [0.1, 0.15) is 25.7 Å². The minimum Gasteiger partial charge on any atom is -0.379 e. The number of likely N-dealkylation sites (tertiary alicyclic amines) is 1. The second-order valence-electron chi connectivity index (χ2n) is 3.65. The maximum Gasteiger partial charge on any atom is 0.229 e. The standard InChI is InChI=1S/C11H16N2O3/c1-2-3-7-12-9(14)6-8-13-10(15)4-5-11(13)16/h1,9,12,14H,3-8H2. The smallest absolute Gasteiger partial charge is 0.229 e. The highest BCUT2D eigenvalue weighted by atomic mass is 16.3. The Hall–Kier alpha value is -1.38. The summed E-state index contributed by atoms with van der Waals surface area (Å²) < 4.78 is 0. The van der Waals surface area contributed by atoms with E-state index in [4.69, 9.17) is 6.42 Å². The lowest BCUT2D eigenvalue weighted by Gasteiger charge is -2.17. The summed E-state index contributed by atoms with van der Waals surface area (Å²) in [5, 5.41) is 12.3. The number of aliphatic hydroxyl groups excluding tert-OH is 1. The molecule has 1 aliphatic rings. The lowest BCUT2D eigenvalue weighted by atomic mass is 10.3. The van der Waals surface area contributed by atoms with Crippen LogP contribution in [0.2, 0.25) is 0 Å². The third-order valence-corrected chi connectivity index (χ3v) is 2.43. The molecule has 88 valence electrons. The topological polar surface area (TPSA) is 69.6 Å². The van der Waals surface area contributed by atoms with E-state index >= 15 is 0 Å². The van der Waals surface area contributed by atoms with Gasteiger partial charge in [0.2, 0.25) is 11.8 Å². The van der Waals surface area contributed by atoms with Gasteiger partial charge in [-0.15, -0.1) is 12.3 Å². The van der Waals surface area contributed by atoms with Crippen LogP contribution in [-0.2, 0) is 9.59 Å². The van der Waals surface area contributed by atoms with E-state index in [-0.39, 0.29) is 18.4 Å². The predicted octanol–water partition coefficient (Wildman–Crippen LogP) is -0.543. The first-order chi connectivity index (χ1) is 7.65. The van der Waals surface area contributed by atoms with E-state index in [1.165, 1.54) is 4.90 Å². The molecule has 1 aliphatic heterocycles. The Balaban J connectivity index is 2.21. The van der Waals surface area contributed by atoms with Gasteiger partial charge in [-0.2, -0.15) is 0 Å². The molecule has 1 fully saturated rings. The first-order valence-electron chi connectivity index (χ1n) is 5.33. The summed E-state index contributed by atoms with van der Waals surface area (Å²) in [6.45, 7) is 0.793. The molecular weight excluding hydrogens is 208 g/mol. The summed E-state index contributed by atoms with van der Waals surface area (Å²) >= 11 is 0. The zero-order valence-corrected chi connectivity index (χ0v) is 9.11. The molecule has 5 nitrogen and oxygen atoms in total. The van der Waals surface area contributed by atoms with Crippen LogP contribution >= 0.6 is 0 Å². The zero-order valence-electron chi connectivity index (χ0n) is 9.11. The second-order valence-corrected chi connectivity index (χ2v) is 3.65. The lowest BCUT2D eigenvalue weighted by Crippen LogP contribution is -2.36. The molecule has 1 rings (SSSR count). The molecular formula is C11H16N2O3. The van der Waals surface area contributed by atoms with E-state index in [0.717, 1.165) is 0 Å². The highest BCUT2D eigenvalue weighted by Gasteiger charge is 2.28. The highest BCUT2D eigenvalue weighted by Crippen LogP contribution is 2.12. The van der Waals surface area contributed by atoms with Crippen LogP contribution in [-0.4, -0.2) is 41.1 Å². The van der Waals surface area contributed by atoms with Crippen molar-refractivity contribution in [2.45, 2.75) is 31.9 Å². The molecule has 2 N–H and O–H groups in total. The maximum atomic E-state index is 11.2. The number of hydrogen-bond acceptors (Lipinski definition) is 4. The summed E-state index contributed by atoms with van der Waals surface area (Å²) in [7, 11) is 0. The summed E-state index contributed by atoms with van der Waals surface area (Å²) in [5.41, 5.74) is 0. The van der Waals surface area contributed by atoms with Crippen molar-refractivity contribution in [2.24, 2.45) is 0 Å². The number of carbonyl (C=O) groups is 2. The van der Waals surface area contributed by atoms with Crippen molar-refractivity contribution in [3.05, 3.63) is 0 Å². The molecule has 2 amide bonds. The van der Waals surface area contributed by atoms with Gasteiger partial charge in [-0.05, 0) is 0 Å². The third-order valence-electron chi connectivity index (χ3n) is 2.43. The molecule has 0 aromatic carbocycles. The number of terminal acetylenes is 1. The molecule has 1 heterocycles. The molecule has 0 spiro atoms. The summed E-state index contributed by atoms with van der Waals surface area (Å²) in [4.78, 5) is 23.7. The van der Waals surface area contributed by atoms with Crippen LogP contribution in [0.5, 0.6) is 0 Å². The first kappa shape index (κ1) is 12.7. The molecule has 5 heteroatoms. The molecule has 16 heavy (non-hydrogen) atoms. The zero-order chi connectivity index (χ0) is 12.0. The molecule has 0 aliphatic carbocycles. The van der Waals surface area contributed by atoms with Crippen molar-refractivity contribution in [3.63, 3.8) is 0 Å². The molecule has 0 bridgehead atoms. The largest absolute Gasteiger partial charge is 0.379 e. The van der Waals surface area contributed by atoms with Gasteiger partial charge in [-0.1, -0.05) is 0 Å². The van der Waals surface area contributed by atoms with Gasteiger partial charge >= 0.3 is 0 Å². The van der Waals surface area contributed by atoms with Crippen molar-refractivity contribution in [3.8, 4) is 12.3 Å². The van der Waals surface area contributed by atoms with Crippen molar-refractivity contribution < 1.29 is 14.7 Å². The van der Waals surface area contributed by atoms with E-state index in [1.807, 2.05) is 0 Å². The van der Waals surface area contributed by atoms with E-state index in [9.17, 15) is 14.7 Å². The Kier molecular flexibility index (Phi) is 4.96. The molecule has 0 aromatic heterocycles. The number of amides is 2. The fourth-order valence-electron chi connectivity index (χ4n) is 1.54. The maximum absolute atomic E-state index is 11.2.